The van der Waals surface area contributed by atoms with Gasteiger partial charge in [0.15, 0.2) is 0 Å². The van der Waals surface area contributed by atoms with E-state index in [1.54, 1.807) is 30.2 Å². The molecule has 2 amide bonds. The smallest absolute Gasteiger partial charge is 0.317 e. The minimum Gasteiger partial charge on any atom is -0.317 e. The van der Waals surface area contributed by atoms with Gasteiger partial charge in [-0.1, -0.05) is 6.07 Å². The number of likely N-dealkylation sites (tertiary alicyclic amines) is 1. The molecule has 20 heavy (non-hydrogen) atoms. The lowest BCUT2D eigenvalue weighted by Gasteiger charge is -2.25. The quantitative estimate of drug-likeness (QED) is 0.910. The van der Waals surface area contributed by atoms with Crippen LogP contribution in [0.15, 0.2) is 36.8 Å². The summed E-state index contributed by atoms with van der Waals surface area (Å²) in [6.07, 6.45) is 7.24. The number of hydrogen-bond acceptors (Lipinski definition) is 3. The normalized spacial score (nSPS) is 18.2. The molecule has 2 aromatic rings. The van der Waals surface area contributed by atoms with Gasteiger partial charge in [0.2, 0.25) is 0 Å². The SMILES string of the molecule is Cn1nccc1NC(=O)N1CCCC1c1cccnc1. The van der Waals surface area contributed by atoms with Gasteiger partial charge >= 0.3 is 6.03 Å². The number of rotatable bonds is 2. The third kappa shape index (κ3) is 2.36. The number of hydrogen-bond donors (Lipinski definition) is 1. The third-order valence-corrected chi connectivity index (χ3v) is 3.64. The summed E-state index contributed by atoms with van der Waals surface area (Å²) < 4.78 is 1.65. The van der Waals surface area contributed by atoms with E-state index in [0.29, 0.717) is 5.82 Å². The van der Waals surface area contributed by atoms with Crippen LogP contribution in [-0.2, 0) is 7.05 Å². The average Bonchev–Trinajstić information content (AvgIpc) is 3.09. The van der Waals surface area contributed by atoms with Gasteiger partial charge in [-0.2, -0.15) is 5.10 Å². The van der Waals surface area contributed by atoms with Gasteiger partial charge in [-0.3, -0.25) is 15.0 Å². The van der Waals surface area contributed by atoms with Crippen molar-refractivity contribution in [2.45, 2.75) is 18.9 Å². The molecule has 6 nitrogen and oxygen atoms in total. The fraction of sp³-hybridized carbons (Fsp3) is 0.357. The number of urea groups is 1. The van der Waals surface area contributed by atoms with Crippen LogP contribution in [0.2, 0.25) is 0 Å². The van der Waals surface area contributed by atoms with Gasteiger partial charge in [0.05, 0.1) is 12.2 Å². The first-order valence-corrected chi connectivity index (χ1v) is 6.71. The van der Waals surface area contributed by atoms with E-state index in [4.69, 9.17) is 0 Å². The highest BCUT2D eigenvalue weighted by atomic mass is 16.2. The van der Waals surface area contributed by atoms with E-state index in [0.717, 1.165) is 24.9 Å². The Bertz CT molecular complexity index is 595. The van der Waals surface area contributed by atoms with E-state index in [1.165, 1.54) is 0 Å². The largest absolute Gasteiger partial charge is 0.323 e. The molecule has 0 radical (unpaired) electrons. The molecule has 0 bridgehead atoms. The number of carbonyl (C=O) groups excluding carboxylic acids is 1. The van der Waals surface area contributed by atoms with Crippen LogP contribution < -0.4 is 5.32 Å². The second-order valence-electron chi connectivity index (χ2n) is 4.91. The van der Waals surface area contributed by atoms with E-state index in [9.17, 15) is 4.79 Å². The summed E-state index contributed by atoms with van der Waals surface area (Å²) in [6.45, 7) is 0.767. The Morgan fingerprint density at radius 1 is 1.40 bits per heavy atom. The highest BCUT2D eigenvalue weighted by molar-refractivity contribution is 5.88. The fourth-order valence-electron chi connectivity index (χ4n) is 2.61. The van der Waals surface area contributed by atoms with Crippen molar-refractivity contribution in [3.8, 4) is 0 Å². The topological polar surface area (TPSA) is 63.1 Å². The molecule has 0 spiro atoms. The number of carbonyl (C=O) groups is 1. The van der Waals surface area contributed by atoms with Gasteiger partial charge < -0.3 is 4.90 Å². The second kappa shape index (κ2) is 5.32. The monoisotopic (exact) mass is 271 g/mol. The van der Waals surface area contributed by atoms with Crippen molar-refractivity contribution in [1.29, 1.82) is 0 Å². The van der Waals surface area contributed by atoms with Crippen LogP contribution in [0.25, 0.3) is 0 Å². The molecule has 1 saturated heterocycles. The summed E-state index contributed by atoms with van der Waals surface area (Å²) in [7, 11) is 1.80. The first-order valence-electron chi connectivity index (χ1n) is 6.71. The first kappa shape index (κ1) is 12.7. The molecule has 1 N–H and O–H groups in total. The van der Waals surface area contributed by atoms with Crippen LogP contribution in [0.3, 0.4) is 0 Å². The van der Waals surface area contributed by atoms with E-state index in [1.807, 2.05) is 23.2 Å². The number of nitrogens with zero attached hydrogens (tertiary/aromatic N) is 4. The lowest BCUT2D eigenvalue weighted by molar-refractivity contribution is 0.207. The summed E-state index contributed by atoms with van der Waals surface area (Å²) in [6, 6.07) is 5.74. The zero-order chi connectivity index (χ0) is 13.9. The molecule has 1 unspecified atom stereocenters. The molecule has 2 aromatic heterocycles. The van der Waals surface area contributed by atoms with Crippen molar-refractivity contribution >= 4 is 11.8 Å². The summed E-state index contributed by atoms with van der Waals surface area (Å²) in [5, 5.41) is 6.95. The van der Waals surface area contributed by atoms with Gasteiger partial charge in [-0.25, -0.2) is 4.79 Å². The third-order valence-electron chi connectivity index (χ3n) is 3.64. The van der Waals surface area contributed by atoms with Gasteiger partial charge in [-0.15, -0.1) is 0 Å². The molecule has 0 aliphatic carbocycles. The van der Waals surface area contributed by atoms with Crippen LogP contribution in [-0.4, -0.2) is 32.2 Å². The van der Waals surface area contributed by atoms with E-state index in [2.05, 4.69) is 15.4 Å². The zero-order valence-electron chi connectivity index (χ0n) is 11.4. The van der Waals surface area contributed by atoms with E-state index < -0.39 is 0 Å². The molecule has 0 saturated carbocycles. The number of nitrogens with one attached hydrogen (secondary N) is 1. The van der Waals surface area contributed by atoms with Gasteiger partial charge in [0.1, 0.15) is 5.82 Å². The summed E-state index contributed by atoms with van der Waals surface area (Å²) in [4.78, 5) is 18.4. The van der Waals surface area contributed by atoms with Crippen molar-refractivity contribution in [2.75, 3.05) is 11.9 Å². The highest BCUT2D eigenvalue weighted by Crippen LogP contribution is 2.31. The maximum atomic E-state index is 12.4. The molecule has 104 valence electrons. The van der Waals surface area contributed by atoms with Crippen molar-refractivity contribution in [2.24, 2.45) is 7.05 Å². The molecule has 1 fully saturated rings. The van der Waals surface area contributed by atoms with Crippen LogP contribution in [0.5, 0.6) is 0 Å². The molecule has 3 heterocycles. The van der Waals surface area contributed by atoms with Crippen molar-refractivity contribution in [1.82, 2.24) is 19.7 Å². The summed E-state index contributed by atoms with van der Waals surface area (Å²) >= 11 is 0. The van der Waals surface area contributed by atoms with Crippen LogP contribution in [0.1, 0.15) is 24.4 Å². The predicted molar refractivity (Wildman–Crippen MR) is 75.1 cm³/mol. The highest BCUT2D eigenvalue weighted by Gasteiger charge is 2.30. The lowest BCUT2D eigenvalue weighted by Crippen LogP contribution is -2.35. The van der Waals surface area contributed by atoms with E-state index in [-0.39, 0.29) is 12.1 Å². The van der Waals surface area contributed by atoms with Crippen molar-refractivity contribution < 1.29 is 4.79 Å². The molecular formula is C14H17N5O. The van der Waals surface area contributed by atoms with Crippen molar-refractivity contribution in [3.63, 3.8) is 0 Å². The maximum Gasteiger partial charge on any atom is 0.323 e. The zero-order valence-corrected chi connectivity index (χ0v) is 11.4. The predicted octanol–water partition coefficient (Wildman–Crippen LogP) is 2.18. The number of anilines is 1. The number of aryl methyl sites for hydroxylation is 1. The number of aromatic nitrogens is 3. The Morgan fingerprint density at radius 2 is 2.30 bits per heavy atom. The minimum atomic E-state index is -0.0834. The Kier molecular flexibility index (Phi) is 3.37. The lowest BCUT2D eigenvalue weighted by atomic mass is 10.1. The van der Waals surface area contributed by atoms with Crippen LogP contribution in [0.4, 0.5) is 10.6 Å². The fourth-order valence-corrected chi connectivity index (χ4v) is 2.61. The molecule has 6 heteroatoms. The van der Waals surface area contributed by atoms with Crippen molar-refractivity contribution in [3.05, 3.63) is 42.4 Å². The summed E-state index contributed by atoms with van der Waals surface area (Å²) in [5.74, 6) is 0.701. The van der Waals surface area contributed by atoms with Gasteiger partial charge in [-0.05, 0) is 24.5 Å². The molecule has 1 aliphatic heterocycles. The first-order chi connectivity index (χ1) is 9.75. The summed E-state index contributed by atoms with van der Waals surface area (Å²) in [5.41, 5.74) is 1.09. The molecular weight excluding hydrogens is 254 g/mol. The minimum absolute atomic E-state index is 0.0834. The van der Waals surface area contributed by atoms with Gasteiger partial charge in [0.25, 0.3) is 0 Å². The standard InChI is InChI=1S/C14H17N5O/c1-18-13(6-8-16-18)17-14(20)19-9-3-5-12(19)11-4-2-7-15-10-11/h2,4,6-8,10,12H,3,5,9H2,1H3,(H,17,20). The van der Waals surface area contributed by atoms with Crippen LogP contribution in [0, 0.1) is 0 Å². The Morgan fingerprint density at radius 3 is 3.00 bits per heavy atom. The number of pyridine rings is 1. The molecule has 3 rings (SSSR count). The molecule has 0 aromatic carbocycles. The maximum absolute atomic E-state index is 12.4. The molecule has 1 aliphatic rings. The Hall–Kier alpha value is -2.37. The average molecular weight is 271 g/mol. The van der Waals surface area contributed by atoms with E-state index >= 15 is 0 Å². The van der Waals surface area contributed by atoms with Crippen LogP contribution >= 0.6 is 0 Å². The number of amides is 2. The molecule has 1 atom stereocenters. The van der Waals surface area contributed by atoms with Gasteiger partial charge in [0, 0.05) is 32.1 Å². The Balaban J connectivity index is 1.75. The second-order valence-corrected chi connectivity index (χ2v) is 4.91. The Labute approximate surface area is 117 Å².